The highest BCUT2D eigenvalue weighted by Crippen LogP contribution is 2.28. The molecule has 1 aliphatic rings. The largest absolute Gasteiger partial charge is 0.375 e. The van der Waals surface area contributed by atoms with E-state index in [-0.39, 0.29) is 12.5 Å². The Kier molecular flexibility index (Phi) is 3.78. The number of aromatic nitrogens is 2. The van der Waals surface area contributed by atoms with Gasteiger partial charge in [0.15, 0.2) is 0 Å². The van der Waals surface area contributed by atoms with Gasteiger partial charge in [0.2, 0.25) is 5.91 Å². The van der Waals surface area contributed by atoms with E-state index in [1.165, 1.54) is 11.3 Å². The average Bonchev–Trinajstić information content (AvgIpc) is 2.76. The van der Waals surface area contributed by atoms with Crippen LogP contribution in [-0.2, 0) is 9.53 Å². The van der Waals surface area contributed by atoms with Gasteiger partial charge in [0.1, 0.15) is 6.61 Å². The second-order valence-corrected chi connectivity index (χ2v) is 4.55. The summed E-state index contributed by atoms with van der Waals surface area (Å²) in [6, 6.07) is 0. The summed E-state index contributed by atoms with van der Waals surface area (Å²) >= 11 is 0. The lowest BCUT2D eigenvalue weighted by molar-refractivity contribution is -0.136. The molecule has 0 aliphatic carbocycles. The van der Waals surface area contributed by atoms with Crippen molar-refractivity contribution in [1.29, 1.82) is 0 Å². The summed E-state index contributed by atoms with van der Waals surface area (Å²) in [5.41, 5.74) is 2.44. The fourth-order valence-electron chi connectivity index (χ4n) is 2.40. The van der Waals surface area contributed by atoms with Gasteiger partial charge in [0, 0.05) is 31.8 Å². The number of piperidine rings is 1. The maximum absolute atomic E-state index is 11.6. The topological polar surface area (TPSA) is 58.2 Å². The van der Waals surface area contributed by atoms with E-state index in [0.29, 0.717) is 5.92 Å². The first-order valence-corrected chi connectivity index (χ1v) is 5.99. The summed E-state index contributed by atoms with van der Waals surface area (Å²) in [7, 11) is 1.55. The highest BCUT2D eigenvalue weighted by molar-refractivity contribution is 5.77. The first-order chi connectivity index (χ1) is 8.22. The molecule has 5 nitrogen and oxygen atoms in total. The maximum atomic E-state index is 11.6. The maximum Gasteiger partial charge on any atom is 0.248 e. The van der Waals surface area contributed by atoms with Gasteiger partial charge in [0.25, 0.3) is 0 Å². The fourth-order valence-corrected chi connectivity index (χ4v) is 2.40. The van der Waals surface area contributed by atoms with Crippen molar-refractivity contribution in [1.82, 2.24) is 15.1 Å². The Morgan fingerprint density at radius 1 is 1.59 bits per heavy atom. The van der Waals surface area contributed by atoms with Crippen LogP contribution in [0.1, 0.15) is 30.0 Å². The van der Waals surface area contributed by atoms with Crippen molar-refractivity contribution < 1.29 is 9.53 Å². The van der Waals surface area contributed by atoms with E-state index in [9.17, 15) is 4.79 Å². The molecule has 1 N–H and O–H groups in total. The summed E-state index contributed by atoms with van der Waals surface area (Å²) in [6.45, 7) is 3.88. The van der Waals surface area contributed by atoms with Crippen molar-refractivity contribution in [3.63, 3.8) is 0 Å². The number of likely N-dealkylation sites (tertiary alicyclic amines) is 1. The molecule has 1 saturated heterocycles. The predicted molar refractivity (Wildman–Crippen MR) is 63.8 cm³/mol. The molecule has 1 aliphatic heterocycles. The summed E-state index contributed by atoms with van der Waals surface area (Å²) in [5, 5.41) is 7.12. The Hall–Kier alpha value is -1.36. The number of carbonyl (C=O) groups excluding carboxylic acids is 1. The minimum atomic E-state index is 0.0901. The predicted octanol–water partition coefficient (Wildman–Crippen LogP) is 1.07. The van der Waals surface area contributed by atoms with E-state index in [1.54, 1.807) is 7.11 Å². The lowest BCUT2D eigenvalue weighted by Crippen LogP contribution is -2.39. The number of H-pyrrole nitrogens is 1. The Morgan fingerprint density at radius 3 is 2.82 bits per heavy atom. The highest BCUT2D eigenvalue weighted by atomic mass is 16.5. The number of nitrogens with one attached hydrogen (secondary N) is 1. The zero-order valence-corrected chi connectivity index (χ0v) is 10.4. The van der Waals surface area contributed by atoms with Gasteiger partial charge in [-0.2, -0.15) is 5.10 Å². The van der Waals surface area contributed by atoms with Crippen LogP contribution in [0.3, 0.4) is 0 Å². The van der Waals surface area contributed by atoms with Gasteiger partial charge in [-0.05, 0) is 25.3 Å². The van der Waals surface area contributed by atoms with Gasteiger partial charge < -0.3 is 9.64 Å². The van der Waals surface area contributed by atoms with Gasteiger partial charge in [-0.1, -0.05) is 0 Å². The van der Waals surface area contributed by atoms with Crippen LogP contribution in [0.25, 0.3) is 0 Å². The molecular formula is C12H19N3O2. The minimum absolute atomic E-state index is 0.0901. The molecule has 0 atom stereocenters. The Labute approximate surface area is 101 Å². The molecule has 0 radical (unpaired) electrons. The number of carbonyl (C=O) groups is 1. The molecular weight excluding hydrogens is 218 g/mol. The molecule has 5 heteroatoms. The van der Waals surface area contributed by atoms with Crippen molar-refractivity contribution in [2.24, 2.45) is 0 Å². The van der Waals surface area contributed by atoms with Gasteiger partial charge in [-0.25, -0.2) is 0 Å². The van der Waals surface area contributed by atoms with Gasteiger partial charge in [0.05, 0.1) is 6.20 Å². The Balaban J connectivity index is 1.90. The highest BCUT2D eigenvalue weighted by Gasteiger charge is 2.25. The molecule has 0 unspecified atom stereocenters. The lowest BCUT2D eigenvalue weighted by atomic mass is 9.92. The third-order valence-electron chi connectivity index (χ3n) is 3.39. The van der Waals surface area contributed by atoms with Crippen LogP contribution >= 0.6 is 0 Å². The molecule has 0 saturated carbocycles. The molecule has 0 spiro atoms. The van der Waals surface area contributed by atoms with E-state index >= 15 is 0 Å². The van der Waals surface area contributed by atoms with E-state index < -0.39 is 0 Å². The Bertz CT molecular complexity index is 381. The van der Waals surface area contributed by atoms with E-state index in [4.69, 9.17) is 4.74 Å². The van der Waals surface area contributed by atoms with E-state index in [0.717, 1.165) is 25.9 Å². The second-order valence-electron chi connectivity index (χ2n) is 4.55. The van der Waals surface area contributed by atoms with Crippen molar-refractivity contribution in [3.05, 3.63) is 17.5 Å². The molecule has 0 bridgehead atoms. The SMILES string of the molecule is COCC(=O)N1CCC(c2[nH]ncc2C)CC1. The average molecular weight is 237 g/mol. The van der Waals surface area contributed by atoms with Crippen LogP contribution in [-0.4, -0.2) is 47.8 Å². The standard InChI is InChI=1S/C12H19N3O2/c1-9-7-13-14-12(9)10-3-5-15(6-4-10)11(16)8-17-2/h7,10H,3-6,8H2,1-2H3,(H,13,14). The quantitative estimate of drug-likeness (QED) is 0.855. The summed E-state index contributed by atoms with van der Waals surface area (Å²) in [4.78, 5) is 13.5. The van der Waals surface area contributed by atoms with E-state index in [1.807, 2.05) is 11.1 Å². The smallest absolute Gasteiger partial charge is 0.248 e. The van der Waals surface area contributed by atoms with Gasteiger partial charge >= 0.3 is 0 Å². The molecule has 1 aromatic heterocycles. The molecule has 1 amide bonds. The number of ether oxygens (including phenoxy) is 1. The number of rotatable bonds is 3. The number of aromatic amines is 1. The number of hydrogen-bond donors (Lipinski definition) is 1. The third-order valence-corrected chi connectivity index (χ3v) is 3.39. The minimum Gasteiger partial charge on any atom is -0.375 e. The van der Waals surface area contributed by atoms with Crippen LogP contribution in [0, 0.1) is 6.92 Å². The summed E-state index contributed by atoms with van der Waals surface area (Å²) in [5.74, 6) is 0.594. The van der Waals surface area contributed by atoms with Crippen LogP contribution in [0.5, 0.6) is 0 Å². The van der Waals surface area contributed by atoms with E-state index in [2.05, 4.69) is 17.1 Å². The first-order valence-electron chi connectivity index (χ1n) is 5.99. The molecule has 17 heavy (non-hydrogen) atoms. The third kappa shape index (κ3) is 2.66. The van der Waals surface area contributed by atoms with Crippen LogP contribution < -0.4 is 0 Å². The van der Waals surface area contributed by atoms with Crippen LogP contribution in [0.15, 0.2) is 6.20 Å². The number of nitrogens with zero attached hydrogens (tertiary/aromatic N) is 2. The van der Waals surface area contributed by atoms with Crippen molar-refractivity contribution in [2.75, 3.05) is 26.8 Å². The fraction of sp³-hybridized carbons (Fsp3) is 0.667. The molecule has 1 aromatic rings. The number of amides is 1. The number of aryl methyl sites for hydroxylation is 1. The van der Waals surface area contributed by atoms with Crippen molar-refractivity contribution >= 4 is 5.91 Å². The monoisotopic (exact) mass is 237 g/mol. The van der Waals surface area contributed by atoms with Crippen LogP contribution in [0.2, 0.25) is 0 Å². The second kappa shape index (κ2) is 5.31. The van der Waals surface area contributed by atoms with Crippen LogP contribution in [0.4, 0.5) is 0 Å². The summed E-state index contributed by atoms with van der Waals surface area (Å²) in [6.07, 6.45) is 3.86. The number of methoxy groups -OCH3 is 1. The summed E-state index contributed by atoms with van der Waals surface area (Å²) < 4.78 is 4.87. The number of hydrogen-bond acceptors (Lipinski definition) is 3. The molecule has 2 rings (SSSR count). The Morgan fingerprint density at radius 2 is 2.29 bits per heavy atom. The molecule has 0 aromatic carbocycles. The van der Waals surface area contributed by atoms with Gasteiger partial charge in [-0.15, -0.1) is 0 Å². The normalized spacial score (nSPS) is 17.4. The molecule has 2 heterocycles. The molecule has 1 fully saturated rings. The lowest BCUT2D eigenvalue weighted by Gasteiger charge is -2.31. The molecule has 94 valence electrons. The van der Waals surface area contributed by atoms with Crippen molar-refractivity contribution in [3.8, 4) is 0 Å². The van der Waals surface area contributed by atoms with Gasteiger partial charge in [-0.3, -0.25) is 9.89 Å². The zero-order chi connectivity index (χ0) is 12.3. The first kappa shape index (κ1) is 12.1. The zero-order valence-electron chi connectivity index (χ0n) is 10.4. The van der Waals surface area contributed by atoms with Crippen molar-refractivity contribution in [2.45, 2.75) is 25.7 Å².